The van der Waals surface area contributed by atoms with Crippen LogP contribution in [0.25, 0.3) is 0 Å². The molecule has 18 aliphatic rings. The molecule has 15 saturated heterocycles. The fourth-order valence-electron chi connectivity index (χ4n) is 26.9. The summed E-state index contributed by atoms with van der Waals surface area (Å²) < 4.78 is 250. The number of halogens is 10. The topological polar surface area (TPSA) is 311 Å². The van der Waals surface area contributed by atoms with Gasteiger partial charge in [-0.3, -0.25) is 34.3 Å². The Labute approximate surface area is 830 Å². The molecule has 5 aromatic rings. The lowest BCUT2D eigenvalue weighted by Crippen LogP contribution is -2.50. The number of nitrogens with zero attached hydrogens (tertiary/aromatic N) is 10. The van der Waals surface area contributed by atoms with Crippen molar-refractivity contribution in [2.45, 2.75) is 286 Å². The molecule has 0 aromatic heterocycles. The van der Waals surface area contributed by atoms with Gasteiger partial charge in [0, 0.05) is 216 Å². The van der Waals surface area contributed by atoms with Crippen LogP contribution < -0.4 is 28.7 Å². The van der Waals surface area contributed by atoms with Gasteiger partial charge in [-0.25, -0.2) is 69.2 Å². The van der Waals surface area contributed by atoms with Crippen molar-refractivity contribution in [3.63, 3.8) is 0 Å². The lowest BCUT2D eigenvalue weighted by molar-refractivity contribution is -0.0491. The molecule has 786 valence electrons. The van der Waals surface area contributed by atoms with Crippen LogP contribution >= 0.6 is 0 Å². The number of sulfonamides is 3. The third kappa shape index (κ3) is 22.5. The Kier molecular flexibility index (Phi) is 32.4. The van der Waals surface area contributed by atoms with Gasteiger partial charge in [-0.2, -0.15) is 12.9 Å². The predicted octanol–water partition coefficient (Wildman–Crippen LogP) is 11.0. The number of likely N-dealkylation sites (tertiary alicyclic amines) is 7. The van der Waals surface area contributed by atoms with Gasteiger partial charge in [0.1, 0.15) is 88.7 Å². The van der Waals surface area contributed by atoms with Crippen molar-refractivity contribution in [2.75, 3.05) is 138 Å². The van der Waals surface area contributed by atoms with Crippen LogP contribution in [-0.2, 0) is 53.8 Å². The molecule has 10 N–H and O–H groups in total. The van der Waals surface area contributed by atoms with E-state index in [1.807, 2.05) is 0 Å². The SMILES string of the molecule is CC(C)N1CCC2CN([C@H]3CO[C@H](c4cc(F)ccc4F)[C@@H](N)C3)CC21.CC(C)S(=O)(=O)N1CCC2CN([C@H]3CO[C@H](c4cc(F)ccc4F)[C@@H](N)C3)CC21.N[C@H]1C[C@@H](N2CC3CCN(CC4CC4)C3C2)CO[C@@H]1c1cc(F)ccc1F.N[C@H]1C[C@@H](N2CC3CCN(S(=O)(=O)C4CC4)C3C2)CO[C@@H]1c1cc(F)ccc1F.N[C@H]1C[C@@H](N2CC3CCN(S(=O)(=O)C4CCCC4)C3C2)CO[C@@H]1c1cc(F)ccc1F. The molecule has 0 amide bonds. The standard InChI is InChI=1S/C22H31F2N3O3S.C21H29F2N3O.C20H27F2N3O3S.C20H29F2N3O3S.C20H29F2N3O/c23-15-5-6-19(24)18(9-15)22-20(25)10-16(13-30-22)26-11-14-7-8-27(21(14)12-26)31(28,29)17-3-1-2-4-17;22-15-3-4-18(23)17(7-15)21-19(24)8-16(12-27-21)26-10-14-5-6-25(20(14)11-26)9-13-1-2-13;21-13-1-4-17(22)16(7-13)20-18(23)8-14(11-28-20)24-9-12-5-6-25(19(12)10-24)29(26,27)15-2-3-15;1-12(2)29(26,27)25-6-5-13-9-24(10-19(13)25)15-8-18(23)20(28-11-15)16-7-14(21)3-4-17(16)22;1-12(2)25-6-5-13-9-24(10-19(13)25)15-8-18(23)20(26-11-15)16-7-14(21)3-4-17(16)22/h5-6,9,14,16-17,20-22H,1-4,7-8,10-13,25H2;3-4,7,13-14,16,19-21H,1-2,5-6,8-12,24H2;1,4,7,12,14-15,18-20H,2-3,5-6,8-11,23H2;3-4,7,12-13,15,18-20H,5-6,8-11,23H2,1-2H3;3-4,7,12-13,15,18-20H,5-6,8-11,23H2,1-2H3/t14?,16-,20+,21?,22-;14?,16-,19+,20?,21-;12?,14-,18+,19?,20-;2*13?,15-,18+,19?,20-/m11111/s1. The van der Waals surface area contributed by atoms with E-state index in [0.29, 0.717) is 127 Å². The van der Waals surface area contributed by atoms with Crippen molar-refractivity contribution in [2.24, 2.45) is 64.2 Å². The average Bonchev–Trinajstić information content (AvgIpc) is 1.60. The van der Waals surface area contributed by atoms with E-state index in [0.717, 1.165) is 213 Å². The number of fused-ring (bicyclic) bond motifs is 5. The quantitative estimate of drug-likeness (QED) is 0.0480. The van der Waals surface area contributed by atoms with E-state index in [-0.39, 0.29) is 98.7 Å². The van der Waals surface area contributed by atoms with Crippen molar-refractivity contribution >= 4 is 30.1 Å². The van der Waals surface area contributed by atoms with E-state index in [4.69, 9.17) is 52.4 Å². The molecule has 10 unspecified atom stereocenters. The summed E-state index contributed by atoms with van der Waals surface area (Å²) in [6.45, 7) is 24.6. The Morgan fingerprint density at radius 3 is 0.880 bits per heavy atom. The van der Waals surface area contributed by atoms with Gasteiger partial charge in [0.25, 0.3) is 0 Å². The highest BCUT2D eigenvalue weighted by Crippen LogP contribution is 2.48. The van der Waals surface area contributed by atoms with Crippen molar-refractivity contribution in [1.29, 1.82) is 0 Å². The number of nitrogens with two attached hydrogens (primary N) is 5. The maximum Gasteiger partial charge on any atom is 0.217 e. The highest BCUT2D eigenvalue weighted by atomic mass is 32.2. The lowest BCUT2D eigenvalue weighted by Gasteiger charge is -2.39. The van der Waals surface area contributed by atoms with Crippen LogP contribution in [0.4, 0.5) is 43.9 Å². The molecule has 142 heavy (non-hydrogen) atoms. The Hall–Kier alpha value is -5.55. The monoisotopic (exact) mass is 2050 g/mol. The Balaban J connectivity index is 0.000000113. The smallest absolute Gasteiger partial charge is 0.217 e. The lowest BCUT2D eigenvalue weighted by atomic mass is 9.93. The van der Waals surface area contributed by atoms with Gasteiger partial charge in [0.2, 0.25) is 30.1 Å². The summed E-state index contributed by atoms with van der Waals surface area (Å²) in [7, 11) is -9.68. The normalized spacial score (nSPS) is 35.9. The predicted molar refractivity (Wildman–Crippen MR) is 518 cm³/mol. The highest BCUT2D eigenvalue weighted by Gasteiger charge is 2.57. The fraction of sp³-hybridized carbons (Fsp3) is 0.709. The zero-order chi connectivity index (χ0) is 100.0. The molecule has 15 heterocycles. The summed E-state index contributed by atoms with van der Waals surface area (Å²) in [6.07, 6.45) is 13.3. The van der Waals surface area contributed by atoms with Crippen LogP contribution in [0, 0.1) is 93.7 Å². The first-order valence-corrected chi connectivity index (χ1v) is 56.7. The molecule has 3 saturated carbocycles. The van der Waals surface area contributed by atoms with Crippen molar-refractivity contribution in [3.05, 3.63) is 177 Å². The highest BCUT2D eigenvalue weighted by molar-refractivity contribution is 7.90. The van der Waals surface area contributed by atoms with Gasteiger partial charge >= 0.3 is 0 Å². The second kappa shape index (κ2) is 43.8. The Morgan fingerprint density at radius 2 is 0.585 bits per heavy atom. The molecule has 5 aromatic carbocycles. The number of rotatable bonds is 19. The van der Waals surface area contributed by atoms with Crippen molar-refractivity contribution in [3.8, 4) is 0 Å². The fourth-order valence-corrected chi connectivity index (χ4v) is 32.8. The molecule has 18 fully saturated rings. The summed E-state index contributed by atoms with van der Waals surface area (Å²) in [5.41, 5.74) is 32.6. The van der Waals surface area contributed by atoms with Crippen LogP contribution in [0.3, 0.4) is 0 Å². The van der Waals surface area contributed by atoms with Crippen molar-refractivity contribution < 1.29 is 92.8 Å². The summed E-state index contributed by atoms with van der Waals surface area (Å²) >= 11 is 0. The first-order valence-electron chi connectivity index (χ1n) is 52.2. The maximum atomic E-state index is 14.2. The average molecular weight is 2060 g/mol. The van der Waals surface area contributed by atoms with E-state index in [1.54, 1.807) is 26.8 Å². The number of benzene rings is 5. The van der Waals surface area contributed by atoms with Crippen LogP contribution in [0.15, 0.2) is 91.0 Å². The molecule has 26 nitrogen and oxygen atoms in total. The minimum Gasteiger partial charge on any atom is -0.370 e. The Bertz CT molecular complexity index is 5450. The van der Waals surface area contributed by atoms with Gasteiger partial charge in [-0.1, -0.05) is 12.8 Å². The zero-order valence-electron chi connectivity index (χ0n) is 81.9. The van der Waals surface area contributed by atoms with Crippen LogP contribution in [0.5, 0.6) is 0 Å². The summed E-state index contributed by atoms with van der Waals surface area (Å²) in [6, 6.07) is 17.7. The molecular weight excluding hydrogens is 1910 g/mol. The molecule has 15 aliphatic heterocycles. The molecule has 25 atom stereocenters. The van der Waals surface area contributed by atoms with Gasteiger partial charge in [0.15, 0.2) is 0 Å². The molecule has 23 rings (SSSR count). The largest absolute Gasteiger partial charge is 0.370 e. The molecule has 3 aliphatic carbocycles. The zero-order valence-corrected chi connectivity index (χ0v) is 84.4. The van der Waals surface area contributed by atoms with E-state index in [2.05, 4.69) is 48.1 Å². The van der Waals surface area contributed by atoms with Gasteiger partial charge in [-0.05, 0) is 270 Å². The minimum absolute atomic E-state index is 0.00277. The summed E-state index contributed by atoms with van der Waals surface area (Å²) in [4.78, 5) is 17.2. The number of hydrogen-bond acceptors (Lipinski definition) is 23. The molecular formula is C103H145F10N15O11S3. The van der Waals surface area contributed by atoms with Gasteiger partial charge in [0.05, 0.1) is 48.8 Å². The van der Waals surface area contributed by atoms with E-state index >= 15 is 0 Å². The number of ether oxygens (including phenoxy) is 5. The molecule has 0 bridgehead atoms. The molecule has 39 heteroatoms. The van der Waals surface area contributed by atoms with Crippen molar-refractivity contribution in [1.82, 2.24) is 47.2 Å². The maximum absolute atomic E-state index is 14.2. The molecule has 0 radical (unpaired) electrons. The second-order valence-corrected chi connectivity index (χ2v) is 51.4. The van der Waals surface area contributed by atoms with Gasteiger partial charge in [-0.15, -0.1) is 0 Å². The third-order valence-electron chi connectivity index (χ3n) is 34.9. The first-order chi connectivity index (χ1) is 67.9. The van der Waals surface area contributed by atoms with E-state index < -0.39 is 142 Å². The minimum atomic E-state index is -3.28. The first kappa shape index (κ1) is 105. The molecule has 0 spiro atoms. The van der Waals surface area contributed by atoms with Crippen LogP contribution in [0.1, 0.15) is 202 Å². The summed E-state index contributed by atoms with van der Waals surface area (Å²) in [5.74, 6) is -1.45. The summed E-state index contributed by atoms with van der Waals surface area (Å²) in [5, 5.41) is -0.819. The third-order valence-corrected chi connectivity index (χ3v) is 42.0. The number of hydrogen-bond donors (Lipinski definition) is 5. The van der Waals surface area contributed by atoms with E-state index in [9.17, 15) is 69.2 Å². The van der Waals surface area contributed by atoms with Gasteiger partial charge < -0.3 is 52.4 Å². The van der Waals surface area contributed by atoms with Crippen LogP contribution in [-0.4, -0.2) is 323 Å². The second-order valence-electron chi connectivity index (χ2n) is 44.6. The van der Waals surface area contributed by atoms with E-state index in [1.165, 1.54) is 57.5 Å². The van der Waals surface area contributed by atoms with Crippen LogP contribution in [0.2, 0.25) is 0 Å². The Morgan fingerprint density at radius 1 is 0.317 bits per heavy atom.